The molecule has 19 heavy (non-hydrogen) atoms. The van der Waals surface area contributed by atoms with E-state index in [1.165, 1.54) is 43.2 Å². The predicted octanol–water partition coefficient (Wildman–Crippen LogP) is 3.57. The first kappa shape index (κ1) is 12.9. The molecule has 0 amide bonds. The average molecular weight is 260 g/mol. The van der Waals surface area contributed by atoms with Gasteiger partial charge in [-0.05, 0) is 50.2 Å². The second-order valence-corrected chi connectivity index (χ2v) is 6.21. The van der Waals surface area contributed by atoms with Gasteiger partial charge in [-0.15, -0.1) is 0 Å². The van der Waals surface area contributed by atoms with Gasteiger partial charge in [0.15, 0.2) is 0 Å². The molecular weight excluding hydrogens is 236 g/mol. The summed E-state index contributed by atoms with van der Waals surface area (Å²) < 4.78 is 6.18. The monoisotopic (exact) mass is 260 g/mol. The first-order valence-corrected chi connectivity index (χ1v) is 7.55. The van der Waals surface area contributed by atoms with Crippen molar-refractivity contribution in [2.75, 3.05) is 12.3 Å². The van der Waals surface area contributed by atoms with Crippen molar-refractivity contribution >= 4 is 5.82 Å². The molecule has 3 heteroatoms. The summed E-state index contributed by atoms with van der Waals surface area (Å²) in [6.45, 7) is 3.02. The van der Waals surface area contributed by atoms with Crippen LogP contribution in [-0.4, -0.2) is 17.2 Å². The molecule has 0 radical (unpaired) electrons. The second kappa shape index (κ2) is 5.12. The van der Waals surface area contributed by atoms with Crippen LogP contribution in [0.15, 0.2) is 12.3 Å². The molecule has 1 aliphatic heterocycles. The van der Waals surface area contributed by atoms with Gasteiger partial charge < -0.3 is 10.5 Å². The molecule has 0 aromatic carbocycles. The zero-order chi connectivity index (χ0) is 13.3. The summed E-state index contributed by atoms with van der Waals surface area (Å²) in [5.41, 5.74) is 8.81. The van der Waals surface area contributed by atoms with Gasteiger partial charge >= 0.3 is 0 Å². The highest BCUT2D eigenvalue weighted by Gasteiger charge is 2.39. The third-order valence-corrected chi connectivity index (χ3v) is 4.90. The Bertz CT molecular complexity index is 426. The number of aryl methyl sites for hydroxylation is 1. The lowest BCUT2D eigenvalue weighted by atomic mass is 9.73. The molecule has 2 fully saturated rings. The third kappa shape index (κ3) is 2.48. The highest BCUT2D eigenvalue weighted by molar-refractivity contribution is 5.46. The molecule has 2 heterocycles. The Balaban J connectivity index is 1.85. The first-order valence-electron chi connectivity index (χ1n) is 7.55. The van der Waals surface area contributed by atoms with Crippen LogP contribution in [0.3, 0.4) is 0 Å². The van der Waals surface area contributed by atoms with E-state index in [2.05, 4.69) is 18.0 Å². The van der Waals surface area contributed by atoms with E-state index in [1.54, 1.807) is 0 Å². The summed E-state index contributed by atoms with van der Waals surface area (Å²) in [6, 6.07) is 2.08. The van der Waals surface area contributed by atoms with E-state index in [4.69, 9.17) is 10.5 Å². The lowest BCUT2D eigenvalue weighted by Crippen LogP contribution is -2.41. The van der Waals surface area contributed by atoms with Gasteiger partial charge in [-0.1, -0.05) is 19.3 Å². The molecule has 104 valence electrons. The van der Waals surface area contributed by atoms with E-state index < -0.39 is 0 Å². The molecular formula is C16H24N2O. The van der Waals surface area contributed by atoms with Gasteiger partial charge in [-0.25, -0.2) is 4.98 Å². The fourth-order valence-electron chi connectivity index (χ4n) is 3.94. The summed E-state index contributed by atoms with van der Waals surface area (Å²) in [6.07, 6.45) is 10.5. The normalized spacial score (nSPS) is 26.5. The summed E-state index contributed by atoms with van der Waals surface area (Å²) in [7, 11) is 0. The van der Waals surface area contributed by atoms with E-state index in [1.807, 2.05) is 6.20 Å². The zero-order valence-corrected chi connectivity index (χ0v) is 11.8. The molecule has 2 aliphatic rings. The SMILES string of the molecule is Cc1ccnc(N)c1C1CCOC2(CCCCC2)C1. The molecule has 1 atom stereocenters. The fourth-order valence-corrected chi connectivity index (χ4v) is 3.94. The van der Waals surface area contributed by atoms with E-state index in [9.17, 15) is 0 Å². The molecule has 3 rings (SSSR count). The molecule has 3 nitrogen and oxygen atoms in total. The fraction of sp³-hybridized carbons (Fsp3) is 0.688. The topological polar surface area (TPSA) is 48.1 Å². The van der Waals surface area contributed by atoms with Crippen molar-refractivity contribution in [3.63, 3.8) is 0 Å². The molecule has 2 N–H and O–H groups in total. The van der Waals surface area contributed by atoms with Crippen molar-refractivity contribution in [2.24, 2.45) is 0 Å². The standard InChI is InChI=1S/C16H24N2O/c1-12-5-9-18-15(17)14(12)13-6-10-19-16(11-13)7-3-2-4-8-16/h5,9,13H,2-4,6-8,10-11H2,1H3,(H2,17,18). The van der Waals surface area contributed by atoms with E-state index in [-0.39, 0.29) is 5.60 Å². The summed E-state index contributed by atoms with van der Waals surface area (Å²) in [4.78, 5) is 4.29. The van der Waals surface area contributed by atoms with Gasteiger partial charge in [0.05, 0.1) is 5.60 Å². The number of nitrogens with zero attached hydrogens (tertiary/aromatic N) is 1. The van der Waals surface area contributed by atoms with Crippen LogP contribution in [-0.2, 0) is 4.74 Å². The van der Waals surface area contributed by atoms with Crippen LogP contribution in [0.1, 0.15) is 62.0 Å². The Kier molecular flexibility index (Phi) is 3.48. The number of ether oxygens (including phenoxy) is 1. The number of hydrogen-bond acceptors (Lipinski definition) is 3. The van der Waals surface area contributed by atoms with Crippen LogP contribution < -0.4 is 5.73 Å². The number of nitrogens with two attached hydrogens (primary N) is 1. The second-order valence-electron chi connectivity index (χ2n) is 6.21. The quantitative estimate of drug-likeness (QED) is 0.839. The van der Waals surface area contributed by atoms with E-state index in [0.29, 0.717) is 5.92 Å². The molecule has 1 unspecified atom stereocenters. The van der Waals surface area contributed by atoms with Gasteiger partial charge in [0.2, 0.25) is 0 Å². The Morgan fingerprint density at radius 2 is 2.11 bits per heavy atom. The molecule has 1 aromatic heterocycles. The maximum atomic E-state index is 6.18. The molecule has 1 spiro atoms. The molecule has 0 bridgehead atoms. The summed E-state index contributed by atoms with van der Waals surface area (Å²) in [5, 5.41) is 0. The number of aromatic nitrogens is 1. The zero-order valence-electron chi connectivity index (χ0n) is 11.8. The largest absolute Gasteiger partial charge is 0.383 e. The van der Waals surface area contributed by atoms with Crippen LogP contribution in [0.5, 0.6) is 0 Å². The van der Waals surface area contributed by atoms with Crippen LogP contribution in [0, 0.1) is 6.92 Å². The van der Waals surface area contributed by atoms with Gasteiger partial charge in [-0.3, -0.25) is 0 Å². The Morgan fingerprint density at radius 1 is 1.32 bits per heavy atom. The Labute approximate surface area is 115 Å². The number of pyridine rings is 1. The van der Waals surface area contributed by atoms with Crippen molar-refractivity contribution < 1.29 is 4.74 Å². The van der Waals surface area contributed by atoms with Gasteiger partial charge in [-0.2, -0.15) is 0 Å². The van der Waals surface area contributed by atoms with Crippen molar-refractivity contribution in [3.8, 4) is 0 Å². The number of nitrogen functional groups attached to an aromatic ring is 1. The van der Waals surface area contributed by atoms with E-state index in [0.717, 1.165) is 25.3 Å². The molecule has 1 saturated carbocycles. The van der Waals surface area contributed by atoms with Crippen LogP contribution >= 0.6 is 0 Å². The lowest BCUT2D eigenvalue weighted by Gasteiger charge is -2.44. The van der Waals surface area contributed by atoms with Crippen molar-refractivity contribution in [1.82, 2.24) is 4.98 Å². The van der Waals surface area contributed by atoms with Gasteiger partial charge in [0.1, 0.15) is 5.82 Å². The van der Waals surface area contributed by atoms with Gasteiger partial charge in [0.25, 0.3) is 0 Å². The maximum Gasteiger partial charge on any atom is 0.127 e. The number of hydrogen-bond donors (Lipinski definition) is 1. The third-order valence-electron chi connectivity index (χ3n) is 4.90. The van der Waals surface area contributed by atoms with Crippen molar-refractivity contribution in [1.29, 1.82) is 0 Å². The molecule has 1 aromatic rings. The average Bonchev–Trinajstić information content (AvgIpc) is 2.39. The highest BCUT2D eigenvalue weighted by atomic mass is 16.5. The van der Waals surface area contributed by atoms with Crippen LogP contribution in [0.25, 0.3) is 0 Å². The van der Waals surface area contributed by atoms with Crippen LogP contribution in [0.2, 0.25) is 0 Å². The summed E-state index contributed by atoms with van der Waals surface area (Å²) >= 11 is 0. The summed E-state index contributed by atoms with van der Waals surface area (Å²) in [5.74, 6) is 1.25. The van der Waals surface area contributed by atoms with Gasteiger partial charge in [0, 0.05) is 18.4 Å². The maximum absolute atomic E-state index is 6.18. The minimum absolute atomic E-state index is 0.135. The smallest absolute Gasteiger partial charge is 0.127 e. The van der Waals surface area contributed by atoms with Crippen molar-refractivity contribution in [3.05, 3.63) is 23.4 Å². The predicted molar refractivity (Wildman–Crippen MR) is 77.1 cm³/mol. The number of anilines is 1. The number of rotatable bonds is 1. The minimum atomic E-state index is 0.135. The molecule has 1 saturated heterocycles. The Morgan fingerprint density at radius 3 is 2.84 bits per heavy atom. The van der Waals surface area contributed by atoms with E-state index >= 15 is 0 Å². The highest BCUT2D eigenvalue weighted by Crippen LogP contribution is 2.45. The van der Waals surface area contributed by atoms with Crippen molar-refractivity contribution in [2.45, 2.75) is 63.4 Å². The molecule has 1 aliphatic carbocycles. The lowest BCUT2D eigenvalue weighted by molar-refractivity contribution is -0.106. The van der Waals surface area contributed by atoms with Crippen LogP contribution in [0.4, 0.5) is 5.82 Å². The first-order chi connectivity index (χ1) is 9.20. The Hall–Kier alpha value is -1.09. The minimum Gasteiger partial charge on any atom is -0.383 e.